The van der Waals surface area contributed by atoms with E-state index in [0.29, 0.717) is 29.4 Å². The Balaban J connectivity index is 1.82. The number of carbonyl (C=O) groups is 1. The van der Waals surface area contributed by atoms with E-state index in [1.807, 2.05) is 0 Å². The molecule has 0 saturated carbocycles. The van der Waals surface area contributed by atoms with Gasteiger partial charge in [-0.05, 0) is 42.8 Å². The summed E-state index contributed by atoms with van der Waals surface area (Å²) in [5, 5.41) is 14.5. The van der Waals surface area contributed by atoms with Crippen LogP contribution in [0.25, 0.3) is 16.9 Å². The number of aliphatic hydroxyl groups excluding tert-OH is 1. The molecule has 1 aromatic heterocycles. The normalized spacial score (nSPS) is 16.8. The largest absolute Gasteiger partial charge is 0.416 e. The van der Waals surface area contributed by atoms with Gasteiger partial charge in [0.15, 0.2) is 5.69 Å². The summed E-state index contributed by atoms with van der Waals surface area (Å²) in [5.41, 5.74) is 0.380. The summed E-state index contributed by atoms with van der Waals surface area (Å²) < 4.78 is 41.0. The number of hydrogen-bond acceptors (Lipinski definition) is 3. The molecule has 1 atom stereocenters. The number of hydrogen-bond donors (Lipinski definition) is 1. The standard InChI is InChI=1S/C21H17ClF3N3O2/c22-15-5-2-6-16(10-15)28-19(13-3-1-4-14(9-13)21(23,24)25)11-18(26-28)20(30)27-8-7-17(29)12-27/h1-6,9-11,17,29H,7-8,12H2. The Hall–Kier alpha value is -2.84. The average Bonchev–Trinajstić information content (AvgIpc) is 3.34. The van der Waals surface area contributed by atoms with Crippen LogP contribution in [0.15, 0.2) is 54.6 Å². The molecule has 0 radical (unpaired) electrons. The number of amides is 1. The van der Waals surface area contributed by atoms with Gasteiger partial charge in [0, 0.05) is 23.7 Å². The molecule has 0 spiro atoms. The Morgan fingerprint density at radius 1 is 1.13 bits per heavy atom. The van der Waals surface area contributed by atoms with E-state index < -0.39 is 17.8 Å². The van der Waals surface area contributed by atoms with Gasteiger partial charge in [0.2, 0.25) is 0 Å². The number of benzene rings is 2. The summed E-state index contributed by atoms with van der Waals surface area (Å²) in [5.74, 6) is -0.388. The molecule has 5 nitrogen and oxygen atoms in total. The molecule has 30 heavy (non-hydrogen) atoms. The van der Waals surface area contributed by atoms with Crippen LogP contribution in [0.2, 0.25) is 5.02 Å². The van der Waals surface area contributed by atoms with E-state index in [2.05, 4.69) is 5.10 Å². The molecule has 9 heteroatoms. The van der Waals surface area contributed by atoms with E-state index in [9.17, 15) is 23.1 Å². The first-order chi connectivity index (χ1) is 14.2. The van der Waals surface area contributed by atoms with Crippen molar-refractivity contribution in [3.8, 4) is 16.9 Å². The van der Waals surface area contributed by atoms with E-state index >= 15 is 0 Å². The molecule has 1 aliphatic heterocycles. The molecular weight excluding hydrogens is 419 g/mol. The first-order valence-corrected chi connectivity index (χ1v) is 9.61. The Labute approximate surface area is 175 Å². The zero-order valence-corrected chi connectivity index (χ0v) is 16.4. The van der Waals surface area contributed by atoms with Crippen molar-refractivity contribution in [3.05, 3.63) is 70.9 Å². The molecule has 0 aliphatic carbocycles. The van der Waals surface area contributed by atoms with Crippen LogP contribution in [-0.2, 0) is 6.18 Å². The molecule has 1 fully saturated rings. The molecule has 1 aliphatic rings. The molecule has 3 aromatic rings. The number of aliphatic hydroxyl groups is 1. The van der Waals surface area contributed by atoms with Crippen molar-refractivity contribution in [2.75, 3.05) is 13.1 Å². The van der Waals surface area contributed by atoms with E-state index in [4.69, 9.17) is 11.6 Å². The maximum atomic E-state index is 13.2. The van der Waals surface area contributed by atoms with Gasteiger partial charge < -0.3 is 10.0 Å². The number of β-amino-alcohol motifs (C(OH)–C–C–N with tert-alkyl or cyclic N) is 1. The molecule has 1 amide bonds. The summed E-state index contributed by atoms with van der Waals surface area (Å²) in [7, 11) is 0. The Bertz CT molecular complexity index is 1100. The Kier molecular flexibility index (Phi) is 5.29. The Morgan fingerprint density at radius 3 is 2.57 bits per heavy atom. The monoisotopic (exact) mass is 435 g/mol. The fraction of sp³-hybridized carbons (Fsp3) is 0.238. The lowest BCUT2D eigenvalue weighted by Crippen LogP contribution is -2.29. The van der Waals surface area contributed by atoms with Crippen molar-refractivity contribution in [1.29, 1.82) is 0 Å². The summed E-state index contributed by atoms with van der Waals surface area (Å²) in [6, 6.07) is 13.0. The fourth-order valence-corrected chi connectivity index (χ4v) is 3.62. The molecule has 1 unspecified atom stereocenters. The quantitative estimate of drug-likeness (QED) is 0.662. The summed E-state index contributed by atoms with van der Waals surface area (Å²) in [6.45, 7) is 0.588. The number of halogens is 4. The molecular formula is C21H17ClF3N3O2. The van der Waals surface area contributed by atoms with Crippen molar-refractivity contribution in [2.24, 2.45) is 0 Å². The molecule has 0 bridgehead atoms. The van der Waals surface area contributed by atoms with Crippen LogP contribution >= 0.6 is 11.6 Å². The molecule has 156 valence electrons. The highest BCUT2D eigenvalue weighted by Crippen LogP contribution is 2.33. The highest BCUT2D eigenvalue weighted by atomic mass is 35.5. The predicted octanol–water partition coefficient (Wildman–Crippen LogP) is 4.42. The number of alkyl halides is 3. The van der Waals surface area contributed by atoms with Crippen LogP contribution in [-0.4, -0.2) is 44.9 Å². The van der Waals surface area contributed by atoms with E-state index in [0.717, 1.165) is 12.1 Å². The number of aromatic nitrogens is 2. The smallest absolute Gasteiger partial charge is 0.391 e. The molecule has 2 heterocycles. The lowest BCUT2D eigenvalue weighted by molar-refractivity contribution is -0.137. The van der Waals surface area contributed by atoms with Crippen molar-refractivity contribution in [2.45, 2.75) is 18.7 Å². The van der Waals surface area contributed by atoms with Crippen LogP contribution in [0.4, 0.5) is 13.2 Å². The Morgan fingerprint density at radius 2 is 1.90 bits per heavy atom. The molecule has 1 saturated heterocycles. The lowest BCUT2D eigenvalue weighted by atomic mass is 10.1. The van der Waals surface area contributed by atoms with Gasteiger partial charge in [0.05, 0.1) is 23.0 Å². The molecule has 4 rings (SSSR count). The van der Waals surface area contributed by atoms with Gasteiger partial charge in [-0.1, -0.05) is 29.8 Å². The maximum absolute atomic E-state index is 13.2. The lowest BCUT2D eigenvalue weighted by Gasteiger charge is -2.13. The van der Waals surface area contributed by atoms with Crippen LogP contribution in [0.3, 0.4) is 0 Å². The molecule has 1 N–H and O–H groups in total. The summed E-state index contributed by atoms with van der Waals surface area (Å²) in [6.07, 6.45) is -4.62. The third kappa shape index (κ3) is 4.06. The third-order valence-electron chi connectivity index (χ3n) is 4.92. The van der Waals surface area contributed by atoms with Gasteiger partial charge in [0.1, 0.15) is 0 Å². The van der Waals surface area contributed by atoms with Crippen LogP contribution in [0, 0.1) is 0 Å². The van der Waals surface area contributed by atoms with Crippen LogP contribution in [0.1, 0.15) is 22.5 Å². The SMILES string of the molecule is O=C(c1cc(-c2cccc(C(F)(F)F)c2)n(-c2cccc(Cl)c2)n1)N1CCC(O)C1. The van der Waals surface area contributed by atoms with E-state index in [1.54, 1.807) is 24.3 Å². The van der Waals surface area contributed by atoms with E-state index in [-0.39, 0.29) is 23.7 Å². The van der Waals surface area contributed by atoms with Crippen molar-refractivity contribution in [1.82, 2.24) is 14.7 Å². The number of nitrogens with zero attached hydrogens (tertiary/aromatic N) is 3. The minimum atomic E-state index is -4.50. The van der Waals surface area contributed by atoms with Gasteiger partial charge >= 0.3 is 6.18 Å². The van der Waals surface area contributed by atoms with E-state index in [1.165, 1.54) is 27.8 Å². The van der Waals surface area contributed by atoms with Gasteiger partial charge in [-0.25, -0.2) is 4.68 Å². The summed E-state index contributed by atoms with van der Waals surface area (Å²) >= 11 is 6.07. The summed E-state index contributed by atoms with van der Waals surface area (Å²) in [4.78, 5) is 14.3. The topological polar surface area (TPSA) is 58.4 Å². The fourth-order valence-electron chi connectivity index (χ4n) is 3.44. The predicted molar refractivity (Wildman–Crippen MR) is 106 cm³/mol. The van der Waals surface area contributed by atoms with Gasteiger partial charge in [-0.3, -0.25) is 4.79 Å². The zero-order chi connectivity index (χ0) is 21.5. The second-order valence-corrected chi connectivity index (χ2v) is 7.52. The van der Waals surface area contributed by atoms with Crippen molar-refractivity contribution >= 4 is 17.5 Å². The second-order valence-electron chi connectivity index (χ2n) is 7.08. The minimum Gasteiger partial charge on any atom is -0.391 e. The van der Waals surface area contributed by atoms with Gasteiger partial charge in [-0.2, -0.15) is 18.3 Å². The first-order valence-electron chi connectivity index (χ1n) is 9.23. The van der Waals surface area contributed by atoms with Crippen molar-refractivity contribution in [3.63, 3.8) is 0 Å². The third-order valence-corrected chi connectivity index (χ3v) is 5.15. The van der Waals surface area contributed by atoms with Gasteiger partial charge in [-0.15, -0.1) is 0 Å². The zero-order valence-electron chi connectivity index (χ0n) is 15.6. The van der Waals surface area contributed by atoms with Gasteiger partial charge in [0.25, 0.3) is 5.91 Å². The first kappa shape index (κ1) is 20.4. The van der Waals surface area contributed by atoms with Crippen molar-refractivity contribution < 1.29 is 23.1 Å². The van der Waals surface area contributed by atoms with Crippen LogP contribution in [0.5, 0.6) is 0 Å². The molecule has 2 aromatic carbocycles. The number of rotatable bonds is 3. The van der Waals surface area contributed by atoms with Crippen LogP contribution < -0.4 is 0 Å². The minimum absolute atomic E-state index is 0.0801. The maximum Gasteiger partial charge on any atom is 0.416 e. The average molecular weight is 436 g/mol. The number of carbonyl (C=O) groups excluding carboxylic acids is 1. The second kappa shape index (κ2) is 7.77. The number of likely N-dealkylation sites (tertiary alicyclic amines) is 1. The highest BCUT2D eigenvalue weighted by Gasteiger charge is 2.31. The highest BCUT2D eigenvalue weighted by molar-refractivity contribution is 6.30.